The molecule has 10 nitrogen and oxygen atoms in total. The van der Waals surface area contributed by atoms with Gasteiger partial charge < -0.3 is 15.2 Å². The van der Waals surface area contributed by atoms with Crippen LogP contribution in [0.15, 0.2) is 48.5 Å². The zero-order valence-electron chi connectivity index (χ0n) is 17.1. The molecular weight excluding hydrogens is 457 g/mol. The molecule has 1 atom stereocenters. The van der Waals surface area contributed by atoms with Crippen molar-refractivity contribution in [2.75, 3.05) is 0 Å². The molecule has 2 aromatic carbocycles. The lowest BCUT2D eigenvalue weighted by molar-refractivity contribution is -0.139. The molecular formula is C21H19ClFN5O5. The average molecular weight is 476 g/mol. The Hall–Kier alpha value is -3.86. The topological polar surface area (TPSA) is 136 Å². The van der Waals surface area contributed by atoms with Crippen LogP contribution in [0.2, 0.25) is 5.02 Å². The van der Waals surface area contributed by atoms with Crippen LogP contribution in [0.1, 0.15) is 23.4 Å². The molecule has 0 aliphatic carbocycles. The molecule has 0 saturated heterocycles. The number of nitrogens with one attached hydrogen (secondary N) is 1. The summed E-state index contributed by atoms with van der Waals surface area (Å²) in [7, 11) is 0. The number of benzene rings is 2. The van der Waals surface area contributed by atoms with Gasteiger partial charge in [0.15, 0.2) is 11.6 Å². The number of carbonyl (C=O) groups excluding carboxylic acids is 2. The van der Waals surface area contributed by atoms with Gasteiger partial charge in [0.2, 0.25) is 0 Å². The minimum Gasteiger partial charge on any atom is -0.481 e. The normalized spacial score (nSPS) is 11.6. The number of tetrazole rings is 1. The van der Waals surface area contributed by atoms with Gasteiger partial charge in [-0.2, -0.15) is 4.80 Å². The summed E-state index contributed by atoms with van der Waals surface area (Å²) < 4.78 is 19.0. The third-order valence-corrected chi connectivity index (χ3v) is 4.81. The van der Waals surface area contributed by atoms with Crippen LogP contribution in [0.5, 0.6) is 0 Å². The number of ketones is 1. The van der Waals surface area contributed by atoms with Crippen molar-refractivity contribution in [3.63, 3.8) is 0 Å². The van der Waals surface area contributed by atoms with Crippen molar-refractivity contribution >= 4 is 29.4 Å². The van der Waals surface area contributed by atoms with Crippen LogP contribution in [0.3, 0.4) is 0 Å². The van der Waals surface area contributed by atoms with Gasteiger partial charge in [0.25, 0.3) is 0 Å². The van der Waals surface area contributed by atoms with Gasteiger partial charge in [-0.3, -0.25) is 9.59 Å². The smallest absolute Gasteiger partial charge is 0.408 e. The first-order chi connectivity index (χ1) is 15.8. The van der Waals surface area contributed by atoms with Crippen LogP contribution in [0.25, 0.3) is 0 Å². The van der Waals surface area contributed by atoms with Gasteiger partial charge in [-0.05, 0) is 22.9 Å². The summed E-state index contributed by atoms with van der Waals surface area (Å²) in [6.45, 7) is -0.512. The number of carboxylic acids is 1. The summed E-state index contributed by atoms with van der Waals surface area (Å²) in [4.78, 5) is 36.7. The van der Waals surface area contributed by atoms with E-state index in [0.717, 1.165) is 10.4 Å². The number of halogens is 2. The maximum atomic E-state index is 13.9. The molecule has 3 aromatic rings. The molecule has 1 amide bonds. The molecule has 0 aliphatic rings. The molecule has 0 fully saturated rings. The Balaban J connectivity index is 1.60. The second kappa shape index (κ2) is 11.1. The number of hydrogen-bond acceptors (Lipinski definition) is 7. The number of carboxylic acid groups (broad SMARTS) is 1. The van der Waals surface area contributed by atoms with Gasteiger partial charge in [-0.1, -0.05) is 48.0 Å². The fourth-order valence-electron chi connectivity index (χ4n) is 2.85. The molecule has 33 heavy (non-hydrogen) atoms. The first kappa shape index (κ1) is 23.8. The van der Waals surface area contributed by atoms with Crippen molar-refractivity contribution in [2.45, 2.75) is 32.0 Å². The molecule has 172 valence electrons. The summed E-state index contributed by atoms with van der Waals surface area (Å²) in [6, 6.07) is 11.7. The van der Waals surface area contributed by atoms with Gasteiger partial charge in [0, 0.05) is 17.0 Å². The minimum absolute atomic E-state index is 0.0484. The number of ether oxygens (including phenoxy) is 1. The summed E-state index contributed by atoms with van der Waals surface area (Å²) >= 11 is 5.99. The Labute approximate surface area is 192 Å². The van der Waals surface area contributed by atoms with Gasteiger partial charge >= 0.3 is 12.1 Å². The van der Waals surface area contributed by atoms with E-state index in [1.165, 1.54) is 18.2 Å². The Bertz CT molecular complexity index is 1120. The van der Waals surface area contributed by atoms with E-state index in [1.54, 1.807) is 30.3 Å². The SMILES string of the molecule is O=C(O)CC(NC(=O)OCc1ccccc1)C(=O)Cn1nnc(Cc2c(F)cccc2Cl)n1. The number of aromatic nitrogens is 4. The first-order valence-corrected chi connectivity index (χ1v) is 10.1. The van der Waals surface area contributed by atoms with Crippen molar-refractivity contribution in [3.8, 4) is 0 Å². The van der Waals surface area contributed by atoms with Crippen LogP contribution in [0, 0.1) is 5.82 Å². The van der Waals surface area contributed by atoms with E-state index in [0.29, 0.717) is 0 Å². The van der Waals surface area contributed by atoms with Crippen LogP contribution < -0.4 is 5.32 Å². The van der Waals surface area contributed by atoms with Crippen LogP contribution >= 0.6 is 11.6 Å². The highest BCUT2D eigenvalue weighted by atomic mass is 35.5. The lowest BCUT2D eigenvalue weighted by Gasteiger charge is -2.15. The van der Waals surface area contributed by atoms with Crippen molar-refractivity contribution in [2.24, 2.45) is 0 Å². The van der Waals surface area contributed by atoms with E-state index in [-0.39, 0.29) is 29.4 Å². The van der Waals surface area contributed by atoms with Crippen LogP contribution in [-0.4, -0.2) is 49.2 Å². The lowest BCUT2D eigenvalue weighted by atomic mass is 10.1. The quantitative estimate of drug-likeness (QED) is 0.456. The summed E-state index contributed by atoms with van der Waals surface area (Å²) in [5.74, 6) is -2.39. The van der Waals surface area contributed by atoms with Gasteiger partial charge in [0.05, 0.1) is 6.42 Å². The molecule has 1 unspecified atom stereocenters. The third kappa shape index (κ3) is 7.07. The molecule has 1 aromatic heterocycles. The molecule has 2 N–H and O–H groups in total. The average Bonchev–Trinajstić information content (AvgIpc) is 3.22. The summed E-state index contributed by atoms with van der Waals surface area (Å²) in [6.07, 6.45) is -1.66. The van der Waals surface area contributed by atoms with Crippen LogP contribution in [0.4, 0.5) is 9.18 Å². The Kier molecular flexibility index (Phi) is 8.03. The zero-order valence-corrected chi connectivity index (χ0v) is 17.9. The molecule has 0 saturated carbocycles. The molecule has 0 spiro atoms. The van der Waals surface area contributed by atoms with Gasteiger partial charge in [-0.15, -0.1) is 10.2 Å². The van der Waals surface area contributed by atoms with Crippen LogP contribution in [-0.2, 0) is 33.9 Å². The number of hydrogen-bond donors (Lipinski definition) is 2. The number of Topliss-reactive ketones (excluding diaryl/α,β-unsaturated/α-hetero) is 1. The van der Waals surface area contributed by atoms with E-state index >= 15 is 0 Å². The fraction of sp³-hybridized carbons (Fsp3) is 0.238. The number of nitrogens with zero attached hydrogens (tertiary/aromatic N) is 4. The van der Waals surface area contributed by atoms with E-state index < -0.39 is 42.7 Å². The fourth-order valence-corrected chi connectivity index (χ4v) is 3.08. The van der Waals surface area contributed by atoms with Crippen molar-refractivity contribution in [1.29, 1.82) is 0 Å². The maximum absolute atomic E-state index is 13.9. The predicted molar refractivity (Wildman–Crippen MR) is 113 cm³/mol. The number of rotatable bonds is 10. The largest absolute Gasteiger partial charge is 0.481 e. The number of alkyl carbamates (subject to hydrolysis) is 1. The van der Waals surface area contributed by atoms with Crippen molar-refractivity contribution in [3.05, 3.63) is 76.3 Å². The molecule has 12 heteroatoms. The second-order valence-electron chi connectivity index (χ2n) is 6.94. The second-order valence-corrected chi connectivity index (χ2v) is 7.34. The maximum Gasteiger partial charge on any atom is 0.408 e. The Morgan fingerprint density at radius 2 is 1.91 bits per heavy atom. The third-order valence-electron chi connectivity index (χ3n) is 4.46. The summed E-state index contributed by atoms with van der Waals surface area (Å²) in [5, 5.41) is 23.0. The zero-order chi connectivity index (χ0) is 23.8. The van der Waals surface area contributed by atoms with E-state index in [1.807, 2.05) is 0 Å². The number of amides is 1. The van der Waals surface area contributed by atoms with Crippen molar-refractivity contribution < 1.29 is 28.6 Å². The van der Waals surface area contributed by atoms with E-state index in [2.05, 4.69) is 20.7 Å². The molecule has 3 rings (SSSR count). The summed E-state index contributed by atoms with van der Waals surface area (Å²) in [5.41, 5.74) is 0.902. The lowest BCUT2D eigenvalue weighted by Crippen LogP contribution is -2.44. The minimum atomic E-state index is -1.37. The monoisotopic (exact) mass is 475 g/mol. The van der Waals surface area contributed by atoms with E-state index in [4.69, 9.17) is 21.4 Å². The predicted octanol–water partition coefficient (Wildman–Crippen LogP) is 2.40. The Morgan fingerprint density at radius 1 is 1.15 bits per heavy atom. The molecule has 0 aliphatic heterocycles. The molecule has 0 radical (unpaired) electrons. The van der Waals surface area contributed by atoms with Crippen molar-refractivity contribution in [1.82, 2.24) is 25.5 Å². The highest BCUT2D eigenvalue weighted by Gasteiger charge is 2.25. The Morgan fingerprint density at radius 3 is 2.61 bits per heavy atom. The molecule has 1 heterocycles. The highest BCUT2D eigenvalue weighted by molar-refractivity contribution is 6.31. The molecule has 0 bridgehead atoms. The van der Waals surface area contributed by atoms with E-state index in [9.17, 15) is 18.8 Å². The highest BCUT2D eigenvalue weighted by Crippen LogP contribution is 2.20. The van der Waals surface area contributed by atoms with Gasteiger partial charge in [0.1, 0.15) is 25.0 Å². The standard InChI is InChI=1S/C21H19ClFN5O5/c22-15-7-4-8-16(23)14(15)9-19-25-27-28(26-19)11-18(29)17(10-20(30)31)24-21(32)33-12-13-5-2-1-3-6-13/h1-8,17H,9-12H2,(H,24,32)(H,30,31). The number of carbonyl (C=O) groups is 3. The van der Waals surface area contributed by atoms with Gasteiger partial charge in [-0.25, -0.2) is 9.18 Å². The first-order valence-electron chi connectivity index (χ1n) is 9.73. The number of aliphatic carboxylic acids is 1.